The molecule has 4 aromatic rings. The first kappa shape index (κ1) is 20.0. The lowest BCUT2D eigenvalue weighted by molar-refractivity contribution is 0.312. The van der Waals surface area contributed by atoms with E-state index in [1.165, 1.54) is 0 Å². The van der Waals surface area contributed by atoms with Gasteiger partial charge in [-0.3, -0.25) is 5.10 Å². The lowest BCUT2D eigenvalue weighted by atomic mass is 10.2. The SMILES string of the molecule is CN1CCN(c2cc(Nc3cc(-c4ccco4)[nH]n3)nc(/C=C/c3ccccc3)n2)CC1. The first-order chi connectivity index (χ1) is 15.7. The number of rotatable bonds is 6. The van der Waals surface area contributed by atoms with E-state index < -0.39 is 0 Å². The topological polar surface area (TPSA) is 86.1 Å². The Morgan fingerprint density at radius 3 is 2.56 bits per heavy atom. The Morgan fingerprint density at radius 1 is 0.938 bits per heavy atom. The molecule has 0 amide bonds. The molecule has 4 heterocycles. The fourth-order valence-electron chi connectivity index (χ4n) is 3.60. The Balaban J connectivity index is 1.42. The summed E-state index contributed by atoms with van der Waals surface area (Å²) < 4.78 is 5.44. The average molecular weight is 428 g/mol. The highest BCUT2D eigenvalue weighted by Gasteiger charge is 2.17. The lowest BCUT2D eigenvalue weighted by Gasteiger charge is -2.33. The number of H-pyrrole nitrogens is 1. The van der Waals surface area contributed by atoms with Crippen LogP contribution in [0.3, 0.4) is 0 Å². The lowest BCUT2D eigenvalue weighted by Crippen LogP contribution is -2.44. The van der Waals surface area contributed by atoms with Crippen LogP contribution in [0.1, 0.15) is 11.4 Å². The molecule has 0 atom stereocenters. The third-order valence-corrected chi connectivity index (χ3v) is 5.40. The average Bonchev–Trinajstić information content (AvgIpc) is 3.51. The minimum Gasteiger partial charge on any atom is -0.463 e. The molecule has 1 aliphatic rings. The molecule has 1 fully saturated rings. The number of hydrogen-bond donors (Lipinski definition) is 2. The highest BCUT2D eigenvalue weighted by molar-refractivity contribution is 5.69. The number of likely N-dealkylation sites (N-methyl/N-ethyl adjacent to an activating group) is 1. The minimum absolute atomic E-state index is 0.648. The van der Waals surface area contributed by atoms with Crippen molar-refractivity contribution >= 4 is 29.6 Å². The molecule has 162 valence electrons. The maximum absolute atomic E-state index is 5.44. The van der Waals surface area contributed by atoms with Gasteiger partial charge in [-0.15, -0.1) is 0 Å². The van der Waals surface area contributed by atoms with Gasteiger partial charge in [0, 0.05) is 38.3 Å². The molecule has 0 aliphatic carbocycles. The molecule has 1 aromatic carbocycles. The van der Waals surface area contributed by atoms with Gasteiger partial charge in [-0.1, -0.05) is 36.4 Å². The zero-order valence-electron chi connectivity index (χ0n) is 17.9. The quantitative estimate of drug-likeness (QED) is 0.479. The van der Waals surface area contributed by atoms with Crippen LogP contribution in [0.5, 0.6) is 0 Å². The molecule has 1 aliphatic heterocycles. The van der Waals surface area contributed by atoms with Gasteiger partial charge in [-0.05, 0) is 30.8 Å². The van der Waals surface area contributed by atoms with Crippen LogP contribution in [0.2, 0.25) is 0 Å². The van der Waals surface area contributed by atoms with Crippen molar-refractivity contribution in [1.82, 2.24) is 25.1 Å². The number of aromatic nitrogens is 4. The zero-order valence-corrected chi connectivity index (χ0v) is 17.9. The Morgan fingerprint density at radius 2 is 1.78 bits per heavy atom. The molecule has 1 saturated heterocycles. The number of furan rings is 1. The van der Waals surface area contributed by atoms with E-state index in [4.69, 9.17) is 14.4 Å². The van der Waals surface area contributed by atoms with Crippen LogP contribution in [0.15, 0.2) is 65.3 Å². The molecular formula is C24H25N7O. The number of piperazine rings is 1. The molecule has 5 rings (SSSR count). The van der Waals surface area contributed by atoms with Gasteiger partial charge in [0.1, 0.15) is 17.3 Å². The van der Waals surface area contributed by atoms with Gasteiger partial charge in [0.25, 0.3) is 0 Å². The number of aromatic amines is 1. The van der Waals surface area contributed by atoms with Gasteiger partial charge >= 0.3 is 0 Å². The summed E-state index contributed by atoms with van der Waals surface area (Å²) in [5.41, 5.74) is 1.90. The van der Waals surface area contributed by atoms with Gasteiger partial charge in [0.2, 0.25) is 0 Å². The molecule has 32 heavy (non-hydrogen) atoms. The summed E-state index contributed by atoms with van der Waals surface area (Å²) in [6.45, 7) is 3.88. The fourth-order valence-corrected chi connectivity index (χ4v) is 3.60. The van der Waals surface area contributed by atoms with Crippen LogP contribution >= 0.6 is 0 Å². The standard InChI is InChI=1S/C24H25N7O/c1-30-11-13-31(14-12-30)24-17-22(25-21(27-24)10-9-18-6-3-2-4-7-18)26-23-16-19(28-29-23)20-8-5-15-32-20/h2-10,15-17H,11-14H2,1H3,(H2,25,26,27,28,29)/b10-9+. The van der Waals surface area contributed by atoms with E-state index in [0.717, 1.165) is 49.0 Å². The predicted molar refractivity (Wildman–Crippen MR) is 127 cm³/mol. The Hall–Kier alpha value is -3.91. The first-order valence-electron chi connectivity index (χ1n) is 10.6. The first-order valence-corrected chi connectivity index (χ1v) is 10.6. The summed E-state index contributed by atoms with van der Waals surface area (Å²) in [5.74, 6) is 3.65. The van der Waals surface area contributed by atoms with Crippen molar-refractivity contribution < 1.29 is 4.42 Å². The Bertz CT molecular complexity index is 1180. The van der Waals surface area contributed by atoms with Gasteiger partial charge in [0.15, 0.2) is 17.4 Å². The third-order valence-electron chi connectivity index (χ3n) is 5.40. The Labute approximate surface area is 186 Å². The minimum atomic E-state index is 0.648. The molecule has 8 nitrogen and oxygen atoms in total. The second-order valence-corrected chi connectivity index (χ2v) is 7.77. The van der Waals surface area contributed by atoms with Crippen molar-refractivity contribution in [3.63, 3.8) is 0 Å². The highest BCUT2D eigenvalue weighted by Crippen LogP contribution is 2.24. The van der Waals surface area contributed by atoms with E-state index in [1.807, 2.05) is 54.6 Å². The van der Waals surface area contributed by atoms with Crippen molar-refractivity contribution in [3.8, 4) is 11.5 Å². The van der Waals surface area contributed by atoms with E-state index in [0.29, 0.717) is 17.5 Å². The van der Waals surface area contributed by atoms with Gasteiger partial charge in [0.05, 0.1) is 6.26 Å². The largest absolute Gasteiger partial charge is 0.463 e. The highest BCUT2D eigenvalue weighted by atomic mass is 16.3. The molecule has 8 heteroatoms. The molecule has 0 radical (unpaired) electrons. The van der Waals surface area contributed by atoms with Crippen molar-refractivity contribution in [3.05, 3.63) is 72.2 Å². The van der Waals surface area contributed by atoms with E-state index in [-0.39, 0.29) is 0 Å². The van der Waals surface area contributed by atoms with Crippen LogP contribution < -0.4 is 10.2 Å². The molecule has 0 saturated carbocycles. The Kier molecular flexibility index (Phi) is 5.67. The van der Waals surface area contributed by atoms with E-state index >= 15 is 0 Å². The monoisotopic (exact) mass is 427 g/mol. The van der Waals surface area contributed by atoms with E-state index in [9.17, 15) is 0 Å². The maximum Gasteiger partial charge on any atom is 0.156 e. The van der Waals surface area contributed by atoms with Gasteiger partial charge in [-0.25, -0.2) is 9.97 Å². The van der Waals surface area contributed by atoms with Crippen LogP contribution in [0.4, 0.5) is 17.5 Å². The van der Waals surface area contributed by atoms with Crippen LogP contribution in [-0.2, 0) is 0 Å². The maximum atomic E-state index is 5.44. The van der Waals surface area contributed by atoms with Crippen LogP contribution in [-0.4, -0.2) is 58.3 Å². The summed E-state index contributed by atoms with van der Waals surface area (Å²) in [7, 11) is 2.15. The number of nitrogens with zero attached hydrogens (tertiary/aromatic N) is 5. The van der Waals surface area contributed by atoms with Gasteiger partial charge < -0.3 is 19.5 Å². The van der Waals surface area contributed by atoms with Crippen molar-refractivity contribution in [2.24, 2.45) is 0 Å². The normalized spacial score (nSPS) is 14.8. The smallest absolute Gasteiger partial charge is 0.156 e. The van der Waals surface area contributed by atoms with Crippen molar-refractivity contribution in [2.45, 2.75) is 0 Å². The molecule has 0 unspecified atom stereocenters. The van der Waals surface area contributed by atoms with E-state index in [1.54, 1.807) is 6.26 Å². The summed E-state index contributed by atoms with van der Waals surface area (Å²) >= 11 is 0. The van der Waals surface area contributed by atoms with Crippen LogP contribution in [0.25, 0.3) is 23.6 Å². The number of benzene rings is 1. The summed E-state index contributed by atoms with van der Waals surface area (Å²) in [4.78, 5) is 14.1. The predicted octanol–water partition coefficient (Wildman–Crippen LogP) is 4.13. The molecule has 0 spiro atoms. The third kappa shape index (κ3) is 4.70. The van der Waals surface area contributed by atoms with E-state index in [2.05, 4.69) is 44.5 Å². The van der Waals surface area contributed by atoms with Crippen molar-refractivity contribution in [2.75, 3.05) is 43.4 Å². The van der Waals surface area contributed by atoms with Gasteiger partial charge in [-0.2, -0.15) is 5.10 Å². The molecule has 2 N–H and O–H groups in total. The number of nitrogens with one attached hydrogen (secondary N) is 2. The number of anilines is 3. The van der Waals surface area contributed by atoms with Crippen molar-refractivity contribution in [1.29, 1.82) is 0 Å². The summed E-state index contributed by atoms with van der Waals surface area (Å²) in [6.07, 6.45) is 5.61. The van der Waals surface area contributed by atoms with Crippen LogP contribution in [0, 0.1) is 0 Å². The number of hydrogen-bond acceptors (Lipinski definition) is 7. The second kappa shape index (κ2) is 9.07. The molecule has 3 aromatic heterocycles. The zero-order chi connectivity index (χ0) is 21.8. The fraction of sp³-hybridized carbons (Fsp3) is 0.208. The summed E-state index contributed by atoms with van der Waals surface area (Å²) in [5, 5.41) is 10.6. The molecular weight excluding hydrogens is 402 g/mol. The molecule has 0 bridgehead atoms. The second-order valence-electron chi connectivity index (χ2n) is 7.77. The summed E-state index contributed by atoms with van der Waals surface area (Å²) in [6, 6.07) is 17.8.